The normalized spacial score (nSPS) is 33.5. The molecule has 2 unspecified atom stereocenters. The van der Waals surface area contributed by atoms with E-state index in [1.54, 1.807) is 0 Å². The van der Waals surface area contributed by atoms with Crippen LogP contribution in [-0.4, -0.2) is 12.1 Å². The molecule has 0 aromatic heterocycles. The van der Waals surface area contributed by atoms with E-state index < -0.39 is 12.6 Å². The molecule has 0 nitrogen and oxygen atoms in total. The van der Waals surface area contributed by atoms with Gasteiger partial charge in [-0.05, 0) is 30.6 Å². The van der Waals surface area contributed by atoms with Crippen molar-refractivity contribution in [2.45, 2.75) is 38.8 Å². The molecule has 4 heteroatoms. The van der Waals surface area contributed by atoms with Gasteiger partial charge in [-0.25, -0.2) is 0 Å². The minimum absolute atomic E-state index is 0.104. The van der Waals surface area contributed by atoms with E-state index in [1.165, 1.54) is 0 Å². The molecule has 78 valence electrons. The van der Waals surface area contributed by atoms with Crippen molar-refractivity contribution in [1.29, 1.82) is 0 Å². The lowest BCUT2D eigenvalue weighted by Crippen LogP contribution is -2.08. The van der Waals surface area contributed by atoms with E-state index >= 15 is 0 Å². The molecule has 0 aromatic carbocycles. The summed E-state index contributed by atoms with van der Waals surface area (Å²) in [4.78, 5) is 0. The highest BCUT2D eigenvalue weighted by molar-refractivity contribution is 6.18. The smallest absolute Gasteiger partial charge is 0.171 e. The molecule has 0 amide bonds. The lowest BCUT2D eigenvalue weighted by molar-refractivity contribution is -0.136. The summed E-state index contributed by atoms with van der Waals surface area (Å²) in [5, 5.41) is 0. The van der Waals surface area contributed by atoms with E-state index in [-0.39, 0.29) is 11.8 Å². The zero-order valence-electron chi connectivity index (χ0n) is 7.62. The quantitative estimate of drug-likeness (QED) is 0.621. The van der Waals surface area contributed by atoms with Gasteiger partial charge in [0, 0.05) is 12.3 Å². The summed E-state index contributed by atoms with van der Waals surface area (Å²) in [5.41, 5.74) is 0.104. The summed E-state index contributed by atoms with van der Waals surface area (Å²) in [6, 6.07) is 0. The third kappa shape index (κ3) is 3.37. The van der Waals surface area contributed by atoms with E-state index in [4.69, 9.17) is 11.6 Å². The van der Waals surface area contributed by atoms with Gasteiger partial charge in [-0.15, -0.1) is 11.6 Å². The second kappa shape index (κ2) is 3.68. The van der Waals surface area contributed by atoms with Gasteiger partial charge >= 0.3 is 6.18 Å². The van der Waals surface area contributed by atoms with Gasteiger partial charge in [0.1, 0.15) is 0 Å². The lowest BCUT2D eigenvalue weighted by Gasteiger charge is -2.11. The van der Waals surface area contributed by atoms with E-state index in [2.05, 4.69) is 0 Å². The first-order valence-electron chi connectivity index (χ1n) is 4.50. The molecule has 0 spiro atoms. The first-order chi connectivity index (χ1) is 5.87. The number of alkyl halides is 4. The predicted molar refractivity (Wildman–Crippen MR) is 46.8 cm³/mol. The number of hydrogen-bond donors (Lipinski definition) is 0. The van der Waals surface area contributed by atoms with Crippen molar-refractivity contribution in [1.82, 2.24) is 0 Å². The Bertz CT molecular complexity index is 178. The van der Waals surface area contributed by atoms with Gasteiger partial charge in [-0.2, -0.15) is 13.2 Å². The van der Waals surface area contributed by atoms with Crippen molar-refractivity contribution in [3.05, 3.63) is 0 Å². The standard InChI is InChI=1S/C9H14ClF3/c1-8(5-7(8)6-10)3-2-4-9(11,12)13/h7H,2-6H2,1H3. The zero-order chi connectivity index (χ0) is 10.1. The van der Waals surface area contributed by atoms with Crippen molar-refractivity contribution < 1.29 is 13.2 Å². The summed E-state index contributed by atoms with van der Waals surface area (Å²) in [5.74, 6) is 1.03. The van der Waals surface area contributed by atoms with Gasteiger partial charge in [0.25, 0.3) is 0 Å². The van der Waals surface area contributed by atoms with Gasteiger partial charge in [0.15, 0.2) is 0 Å². The Balaban J connectivity index is 2.14. The third-order valence-electron chi connectivity index (χ3n) is 2.93. The second-order valence-corrected chi connectivity index (χ2v) is 4.49. The van der Waals surface area contributed by atoms with Crippen LogP contribution in [0.3, 0.4) is 0 Å². The average molecular weight is 215 g/mol. The van der Waals surface area contributed by atoms with Gasteiger partial charge in [0.05, 0.1) is 0 Å². The topological polar surface area (TPSA) is 0 Å². The number of hydrogen-bond acceptors (Lipinski definition) is 0. The number of rotatable bonds is 4. The molecule has 0 heterocycles. The predicted octanol–water partition coefficient (Wildman–Crippen LogP) is 3.98. The van der Waals surface area contributed by atoms with Crippen molar-refractivity contribution in [3.8, 4) is 0 Å². The minimum atomic E-state index is -4.00. The Morgan fingerprint density at radius 3 is 2.46 bits per heavy atom. The van der Waals surface area contributed by atoms with E-state index in [9.17, 15) is 13.2 Å². The molecule has 0 N–H and O–H groups in total. The molecule has 13 heavy (non-hydrogen) atoms. The van der Waals surface area contributed by atoms with Gasteiger partial charge in [-0.1, -0.05) is 6.92 Å². The SMILES string of the molecule is CC1(CCCC(F)(F)F)CC1CCl. The van der Waals surface area contributed by atoms with Crippen LogP contribution in [0.2, 0.25) is 0 Å². The zero-order valence-corrected chi connectivity index (χ0v) is 8.38. The minimum Gasteiger partial charge on any atom is -0.171 e. The van der Waals surface area contributed by atoms with Crippen LogP contribution in [0.4, 0.5) is 13.2 Å². The molecule has 0 aliphatic heterocycles. The Hall–Kier alpha value is 0.0800. The van der Waals surface area contributed by atoms with Crippen LogP contribution < -0.4 is 0 Å². The summed E-state index contributed by atoms with van der Waals surface area (Å²) in [6.45, 7) is 2.02. The summed E-state index contributed by atoms with van der Waals surface area (Å²) in [7, 11) is 0. The van der Waals surface area contributed by atoms with Crippen LogP contribution in [0, 0.1) is 11.3 Å². The molecule has 2 atom stereocenters. The Labute approximate surface area is 81.5 Å². The maximum atomic E-state index is 11.8. The first-order valence-corrected chi connectivity index (χ1v) is 5.03. The van der Waals surface area contributed by atoms with Crippen molar-refractivity contribution >= 4 is 11.6 Å². The molecule has 1 rings (SSSR count). The number of halogens is 4. The fourth-order valence-electron chi connectivity index (χ4n) is 1.74. The highest BCUT2D eigenvalue weighted by Crippen LogP contribution is 2.56. The van der Waals surface area contributed by atoms with Crippen molar-refractivity contribution in [3.63, 3.8) is 0 Å². The highest BCUT2D eigenvalue weighted by Gasteiger charge is 2.48. The highest BCUT2D eigenvalue weighted by atomic mass is 35.5. The fraction of sp³-hybridized carbons (Fsp3) is 1.00. The molecule has 0 radical (unpaired) electrons. The molecular formula is C9H14ClF3. The molecule has 1 fully saturated rings. The molecule has 1 aliphatic rings. The monoisotopic (exact) mass is 214 g/mol. The second-order valence-electron chi connectivity index (χ2n) is 4.18. The van der Waals surface area contributed by atoms with E-state index in [0.717, 1.165) is 6.42 Å². The molecule has 1 saturated carbocycles. The molecule has 0 bridgehead atoms. The maximum Gasteiger partial charge on any atom is 0.389 e. The third-order valence-corrected chi connectivity index (χ3v) is 3.31. The first kappa shape index (κ1) is 11.2. The van der Waals surface area contributed by atoms with E-state index in [0.29, 0.717) is 18.2 Å². The van der Waals surface area contributed by atoms with Crippen LogP contribution in [0.25, 0.3) is 0 Å². The molecule has 0 aromatic rings. The van der Waals surface area contributed by atoms with Crippen LogP contribution in [0.15, 0.2) is 0 Å². The van der Waals surface area contributed by atoms with Crippen molar-refractivity contribution in [2.24, 2.45) is 11.3 Å². The van der Waals surface area contributed by atoms with Crippen LogP contribution in [0.5, 0.6) is 0 Å². The van der Waals surface area contributed by atoms with Crippen LogP contribution in [-0.2, 0) is 0 Å². The lowest BCUT2D eigenvalue weighted by atomic mass is 9.99. The fourth-order valence-corrected chi connectivity index (χ4v) is 2.23. The molecular weight excluding hydrogens is 201 g/mol. The largest absolute Gasteiger partial charge is 0.389 e. The summed E-state index contributed by atoms with van der Waals surface area (Å²) < 4.78 is 35.4. The van der Waals surface area contributed by atoms with Gasteiger partial charge in [-0.3, -0.25) is 0 Å². The van der Waals surface area contributed by atoms with Crippen LogP contribution in [0.1, 0.15) is 32.6 Å². The summed E-state index contributed by atoms with van der Waals surface area (Å²) in [6.07, 6.45) is -2.76. The Morgan fingerprint density at radius 2 is 2.08 bits per heavy atom. The summed E-state index contributed by atoms with van der Waals surface area (Å²) >= 11 is 5.63. The van der Waals surface area contributed by atoms with E-state index in [1.807, 2.05) is 6.92 Å². The molecule has 1 aliphatic carbocycles. The van der Waals surface area contributed by atoms with Crippen LogP contribution >= 0.6 is 11.6 Å². The van der Waals surface area contributed by atoms with Crippen molar-refractivity contribution in [2.75, 3.05) is 5.88 Å². The maximum absolute atomic E-state index is 11.8. The Kier molecular flexibility index (Phi) is 3.16. The average Bonchev–Trinajstić information content (AvgIpc) is 2.59. The van der Waals surface area contributed by atoms with Gasteiger partial charge < -0.3 is 0 Å². The Morgan fingerprint density at radius 1 is 1.46 bits per heavy atom. The molecule has 0 saturated heterocycles. The van der Waals surface area contributed by atoms with Gasteiger partial charge in [0.2, 0.25) is 0 Å².